The first-order chi connectivity index (χ1) is 5.74. The molecule has 0 aromatic heterocycles. The Morgan fingerprint density at radius 3 is 2.31 bits per heavy atom. The zero-order valence-electron chi connectivity index (χ0n) is 7.73. The Bertz CT molecular complexity index is 235. The maximum Gasteiger partial charge on any atom is 0.0449 e. The topological polar surface area (TPSA) is 46.2 Å². The van der Waals surface area contributed by atoms with Gasteiger partial charge in [-0.25, -0.2) is 0 Å². The van der Waals surface area contributed by atoms with Crippen LogP contribution in [0.3, 0.4) is 0 Å². The second-order valence-corrected chi connectivity index (χ2v) is 3.03. The maximum atomic E-state index is 8.67. The van der Waals surface area contributed by atoms with Gasteiger partial charge in [-0.05, 0) is 18.9 Å². The highest BCUT2D eigenvalue weighted by Gasteiger charge is 2.03. The molecule has 3 N–H and O–H groups in total. The summed E-state index contributed by atoms with van der Waals surface area (Å²) >= 11 is 0. The molecule has 3 heteroatoms. The van der Waals surface area contributed by atoms with Gasteiger partial charge in [-0.15, -0.1) is 12.4 Å². The highest BCUT2D eigenvalue weighted by molar-refractivity contribution is 5.85. The first kappa shape index (κ1) is 12.4. The van der Waals surface area contributed by atoms with Crippen LogP contribution in [0.15, 0.2) is 24.3 Å². The van der Waals surface area contributed by atoms with Gasteiger partial charge in [0.05, 0.1) is 0 Å². The number of aryl methyl sites for hydroxylation is 1. The van der Waals surface area contributed by atoms with E-state index < -0.39 is 0 Å². The first-order valence-electron chi connectivity index (χ1n) is 4.17. The van der Waals surface area contributed by atoms with Crippen molar-refractivity contribution in [3.63, 3.8) is 0 Å². The van der Waals surface area contributed by atoms with Crippen LogP contribution in [0.4, 0.5) is 0 Å². The van der Waals surface area contributed by atoms with E-state index in [1.165, 1.54) is 5.56 Å². The third kappa shape index (κ3) is 3.77. The Hall–Kier alpha value is -0.570. The molecule has 1 atom stereocenters. The van der Waals surface area contributed by atoms with Crippen LogP contribution in [0.25, 0.3) is 0 Å². The molecule has 1 aromatic rings. The van der Waals surface area contributed by atoms with Gasteiger partial charge in [0.2, 0.25) is 0 Å². The molecule has 0 aliphatic carbocycles. The van der Waals surface area contributed by atoms with Crippen molar-refractivity contribution in [2.45, 2.75) is 19.4 Å². The smallest absolute Gasteiger partial charge is 0.0449 e. The van der Waals surface area contributed by atoms with Crippen molar-refractivity contribution in [1.82, 2.24) is 0 Å². The summed E-state index contributed by atoms with van der Waals surface area (Å²) < 4.78 is 0. The Balaban J connectivity index is 0.00000144. The molecule has 13 heavy (non-hydrogen) atoms. The molecule has 0 fully saturated rings. The molecule has 0 heterocycles. The summed E-state index contributed by atoms with van der Waals surface area (Å²) in [5.74, 6) is 0. The molecular weight excluding hydrogens is 186 g/mol. The Morgan fingerprint density at radius 2 is 1.85 bits per heavy atom. The predicted octanol–water partition coefficient (Wildman–Crippen LogP) is 1.80. The van der Waals surface area contributed by atoms with E-state index in [4.69, 9.17) is 10.8 Å². The van der Waals surface area contributed by atoms with Gasteiger partial charge in [0.15, 0.2) is 0 Å². The third-order valence-corrected chi connectivity index (χ3v) is 1.95. The van der Waals surface area contributed by atoms with Crippen molar-refractivity contribution >= 4 is 12.4 Å². The fourth-order valence-electron chi connectivity index (χ4n) is 1.12. The third-order valence-electron chi connectivity index (χ3n) is 1.95. The summed E-state index contributed by atoms with van der Waals surface area (Å²) in [5, 5.41) is 8.67. The molecule has 1 aromatic carbocycles. The van der Waals surface area contributed by atoms with Crippen molar-refractivity contribution in [2.75, 3.05) is 6.61 Å². The summed E-state index contributed by atoms with van der Waals surface area (Å²) in [5.41, 5.74) is 8.12. The number of halogens is 1. The average Bonchev–Trinajstić information content (AvgIpc) is 2.06. The molecular formula is C10H16ClNO. The van der Waals surface area contributed by atoms with Gasteiger partial charge in [0.25, 0.3) is 0 Å². The van der Waals surface area contributed by atoms with Crippen LogP contribution >= 0.6 is 12.4 Å². The second kappa shape index (κ2) is 5.97. The molecule has 1 rings (SSSR count). The molecule has 0 aliphatic rings. The van der Waals surface area contributed by atoms with E-state index in [9.17, 15) is 0 Å². The van der Waals surface area contributed by atoms with E-state index in [0.717, 1.165) is 5.56 Å². The van der Waals surface area contributed by atoms with Crippen molar-refractivity contribution in [3.8, 4) is 0 Å². The van der Waals surface area contributed by atoms with Crippen molar-refractivity contribution in [3.05, 3.63) is 35.4 Å². The minimum absolute atomic E-state index is 0. The number of nitrogens with two attached hydrogens (primary N) is 1. The monoisotopic (exact) mass is 201 g/mol. The van der Waals surface area contributed by atoms with Crippen LogP contribution in [-0.2, 0) is 0 Å². The van der Waals surface area contributed by atoms with E-state index >= 15 is 0 Å². The van der Waals surface area contributed by atoms with Crippen molar-refractivity contribution in [2.24, 2.45) is 5.73 Å². The summed E-state index contributed by atoms with van der Waals surface area (Å²) in [7, 11) is 0. The van der Waals surface area contributed by atoms with Crippen LogP contribution in [0, 0.1) is 6.92 Å². The quantitative estimate of drug-likeness (QED) is 0.784. The lowest BCUT2D eigenvalue weighted by Crippen LogP contribution is -2.11. The van der Waals surface area contributed by atoms with E-state index in [1.54, 1.807) is 0 Å². The molecule has 0 radical (unpaired) electrons. The van der Waals surface area contributed by atoms with Gasteiger partial charge < -0.3 is 10.8 Å². The molecule has 74 valence electrons. The fraction of sp³-hybridized carbons (Fsp3) is 0.400. The van der Waals surface area contributed by atoms with Crippen LogP contribution in [0.1, 0.15) is 23.6 Å². The molecule has 0 spiro atoms. The van der Waals surface area contributed by atoms with Gasteiger partial charge in [-0.1, -0.05) is 29.8 Å². The molecule has 0 aliphatic heterocycles. The Labute approximate surface area is 85.2 Å². The summed E-state index contributed by atoms with van der Waals surface area (Å²) in [6, 6.07) is 8.06. The van der Waals surface area contributed by atoms with Crippen LogP contribution in [0.2, 0.25) is 0 Å². The number of aliphatic hydroxyl groups excluding tert-OH is 1. The van der Waals surface area contributed by atoms with Gasteiger partial charge >= 0.3 is 0 Å². The SMILES string of the molecule is Cc1ccc([C@H](N)CCO)cc1.Cl. The lowest BCUT2D eigenvalue weighted by Gasteiger charge is -2.09. The first-order valence-corrected chi connectivity index (χ1v) is 4.17. The molecule has 0 unspecified atom stereocenters. The normalized spacial score (nSPS) is 11.9. The number of benzene rings is 1. The Kier molecular flexibility index (Phi) is 5.71. The van der Waals surface area contributed by atoms with Crippen LogP contribution < -0.4 is 5.73 Å². The van der Waals surface area contributed by atoms with E-state index in [1.807, 2.05) is 31.2 Å². The molecule has 0 bridgehead atoms. The lowest BCUT2D eigenvalue weighted by atomic mass is 10.0. The minimum atomic E-state index is -0.0319. The lowest BCUT2D eigenvalue weighted by molar-refractivity contribution is 0.276. The van der Waals surface area contributed by atoms with Crippen molar-refractivity contribution < 1.29 is 5.11 Å². The van der Waals surface area contributed by atoms with Crippen molar-refractivity contribution in [1.29, 1.82) is 0 Å². The fourth-order valence-corrected chi connectivity index (χ4v) is 1.12. The zero-order chi connectivity index (χ0) is 8.97. The molecule has 0 saturated carbocycles. The largest absolute Gasteiger partial charge is 0.396 e. The van der Waals surface area contributed by atoms with E-state index in [2.05, 4.69) is 0 Å². The highest BCUT2D eigenvalue weighted by Crippen LogP contribution is 2.13. The minimum Gasteiger partial charge on any atom is -0.396 e. The number of hydrogen-bond acceptors (Lipinski definition) is 2. The summed E-state index contributed by atoms with van der Waals surface area (Å²) in [6.45, 7) is 2.19. The van der Waals surface area contributed by atoms with Gasteiger partial charge in [-0.3, -0.25) is 0 Å². The Morgan fingerprint density at radius 1 is 1.31 bits per heavy atom. The average molecular weight is 202 g/mol. The maximum absolute atomic E-state index is 8.67. The van der Waals surface area contributed by atoms with Gasteiger partial charge in [-0.2, -0.15) is 0 Å². The molecule has 2 nitrogen and oxygen atoms in total. The zero-order valence-corrected chi connectivity index (χ0v) is 8.55. The summed E-state index contributed by atoms with van der Waals surface area (Å²) in [6.07, 6.45) is 0.628. The molecule has 0 amide bonds. The predicted molar refractivity (Wildman–Crippen MR) is 57.1 cm³/mol. The number of rotatable bonds is 3. The summed E-state index contributed by atoms with van der Waals surface area (Å²) in [4.78, 5) is 0. The standard InChI is InChI=1S/C10H15NO.ClH/c1-8-2-4-9(5-3-8)10(11)6-7-12;/h2-5,10,12H,6-7,11H2,1H3;1H/t10-;/m1./s1. The van der Waals surface area contributed by atoms with Gasteiger partial charge in [0, 0.05) is 12.6 Å². The number of hydrogen-bond donors (Lipinski definition) is 2. The second-order valence-electron chi connectivity index (χ2n) is 3.03. The number of aliphatic hydroxyl groups is 1. The van der Waals surface area contributed by atoms with Gasteiger partial charge in [0.1, 0.15) is 0 Å². The molecule has 0 saturated heterocycles. The van der Waals surface area contributed by atoms with E-state index in [0.29, 0.717) is 6.42 Å². The highest BCUT2D eigenvalue weighted by atomic mass is 35.5. The van der Waals surface area contributed by atoms with E-state index in [-0.39, 0.29) is 25.1 Å². The van der Waals surface area contributed by atoms with Crippen LogP contribution in [0.5, 0.6) is 0 Å². The van der Waals surface area contributed by atoms with Crippen LogP contribution in [-0.4, -0.2) is 11.7 Å².